The van der Waals surface area contributed by atoms with Gasteiger partial charge < -0.3 is 10.1 Å². The highest BCUT2D eigenvalue weighted by atomic mass is 79.9. The lowest BCUT2D eigenvalue weighted by molar-refractivity contribution is 0.397. The van der Waals surface area contributed by atoms with E-state index in [1.54, 1.807) is 19.2 Å². The number of benzene rings is 1. The molecule has 1 N–H and O–H groups in total. The molecular weight excluding hydrogens is 313 g/mol. The van der Waals surface area contributed by atoms with E-state index in [0.29, 0.717) is 18.4 Å². The molecule has 0 aliphatic carbocycles. The van der Waals surface area contributed by atoms with Gasteiger partial charge in [-0.05, 0) is 30.7 Å². The summed E-state index contributed by atoms with van der Waals surface area (Å²) in [5.74, 6) is 0.670. The van der Waals surface area contributed by atoms with Crippen molar-refractivity contribution < 1.29 is 9.13 Å². The zero-order valence-electron chi connectivity index (χ0n) is 10.6. The van der Waals surface area contributed by atoms with Gasteiger partial charge in [-0.2, -0.15) is 4.98 Å². The van der Waals surface area contributed by atoms with Crippen molar-refractivity contribution in [2.24, 2.45) is 0 Å². The molecule has 0 atom stereocenters. The molecule has 2 rings (SSSR count). The Morgan fingerprint density at radius 2 is 2.11 bits per heavy atom. The minimum absolute atomic E-state index is 0.275. The fourth-order valence-electron chi connectivity index (χ4n) is 1.58. The van der Waals surface area contributed by atoms with Crippen LogP contribution in [0.1, 0.15) is 11.3 Å². The van der Waals surface area contributed by atoms with Crippen molar-refractivity contribution in [2.45, 2.75) is 13.5 Å². The maximum atomic E-state index is 13.2. The first-order valence-electron chi connectivity index (χ1n) is 5.66. The maximum Gasteiger partial charge on any atom is 0.226 e. The van der Waals surface area contributed by atoms with Crippen molar-refractivity contribution in [3.63, 3.8) is 0 Å². The van der Waals surface area contributed by atoms with Gasteiger partial charge in [0.05, 0.1) is 7.11 Å². The number of hydrogen-bond donors (Lipinski definition) is 1. The molecule has 0 aliphatic heterocycles. The first-order valence-corrected chi connectivity index (χ1v) is 6.45. The number of anilines is 1. The van der Waals surface area contributed by atoms with Crippen molar-refractivity contribution in [2.75, 3.05) is 12.4 Å². The summed E-state index contributed by atoms with van der Waals surface area (Å²) >= 11 is 3.37. The topological polar surface area (TPSA) is 47.0 Å². The van der Waals surface area contributed by atoms with E-state index in [9.17, 15) is 4.39 Å². The average Bonchev–Trinajstić information content (AvgIpc) is 2.39. The Hall–Kier alpha value is -1.69. The highest BCUT2D eigenvalue weighted by molar-refractivity contribution is 9.10. The van der Waals surface area contributed by atoms with Gasteiger partial charge in [-0.3, -0.25) is 0 Å². The molecule has 0 saturated heterocycles. The highest BCUT2D eigenvalue weighted by Gasteiger charge is 2.05. The summed E-state index contributed by atoms with van der Waals surface area (Å²) in [5, 5.41) is 3.05. The van der Waals surface area contributed by atoms with E-state index >= 15 is 0 Å². The fraction of sp³-hybridized carbons (Fsp3) is 0.231. The zero-order valence-corrected chi connectivity index (χ0v) is 12.2. The van der Waals surface area contributed by atoms with E-state index < -0.39 is 0 Å². The maximum absolute atomic E-state index is 13.2. The second-order valence-corrected chi connectivity index (χ2v) is 4.82. The van der Waals surface area contributed by atoms with Gasteiger partial charge in [0.1, 0.15) is 5.82 Å². The van der Waals surface area contributed by atoms with E-state index in [0.717, 1.165) is 15.7 Å². The fourth-order valence-corrected chi connectivity index (χ4v) is 1.96. The summed E-state index contributed by atoms with van der Waals surface area (Å²) in [7, 11) is 1.55. The molecule has 100 valence electrons. The number of ether oxygens (including phenoxy) is 1. The van der Waals surface area contributed by atoms with Gasteiger partial charge in [0, 0.05) is 22.8 Å². The Balaban J connectivity index is 2.14. The lowest BCUT2D eigenvalue weighted by Crippen LogP contribution is -2.06. The van der Waals surface area contributed by atoms with Gasteiger partial charge in [-0.25, -0.2) is 9.37 Å². The number of rotatable bonds is 4. The zero-order chi connectivity index (χ0) is 13.8. The third-order valence-electron chi connectivity index (χ3n) is 2.48. The van der Waals surface area contributed by atoms with Crippen LogP contribution in [0.25, 0.3) is 0 Å². The minimum atomic E-state index is -0.275. The molecule has 0 aliphatic rings. The molecule has 0 bridgehead atoms. The summed E-state index contributed by atoms with van der Waals surface area (Å²) in [6, 6.07) is 6.28. The lowest BCUT2D eigenvalue weighted by Gasteiger charge is -2.09. The van der Waals surface area contributed by atoms with Crippen LogP contribution in [0, 0.1) is 12.7 Å². The van der Waals surface area contributed by atoms with Gasteiger partial charge in [-0.1, -0.05) is 15.9 Å². The molecule has 2 aromatic rings. The molecule has 0 amide bonds. The van der Waals surface area contributed by atoms with Gasteiger partial charge in [0.15, 0.2) is 0 Å². The number of hydrogen-bond acceptors (Lipinski definition) is 4. The number of aryl methyl sites for hydroxylation is 1. The Labute approximate surface area is 119 Å². The van der Waals surface area contributed by atoms with E-state index in [2.05, 4.69) is 31.2 Å². The average molecular weight is 326 g/mol. The van der Waals surface area contributed by atoms with Crippen LogP contribution in [0.4, 0.5) is 10.3 Å². The number of halogens is 2. The monoisotopic (exact) mass is 325 g/mol. The van der Waals surface area contributed by atoms with Crippen LogP contribution >= 0.6 is 15.9 Å². The highest BCUT2D eigenvalue weighted by Crippen LogP contribution is 2.19. The first-order chi connectivity index (χ1) is 9.08. The van der Waals surface area contributed by atoms with Crippen molar-refractivity contribution in [1.82, 2.24) is 9.97 Å². The Morgan fingerprint density at radius 1 is 1.32 bits per heavy atom. The molecule has 0 spiro atoms. The second-order valence-electron chi connectivity index (χ2n) is 3.96. The van der Waals surface area contributed by atoms with E-state index in [1.165, 1.54) is 12.1 Å². The van der Waals surface area contributed by atoms with Gasteiger partial charge in [0.25, 0.3) is 0 Å². The predicted molar refractivity (Wildman–Crippen MR) is 74.7 cm³/mol. The van der Waals surface area contributed by atoms with E-state index in [-0.39, 0.29) is 5.82 Å². The smallest absolute Gasteiger partial charge is 0.226 e. The predicted octanol–water partition coefficient (Wildman–Crippen LogP) is 3.31. The van der Waals surface area contributed by atoms with Crippen molar-refractivity contribution >= 4 is 21.9 Å². The summed E-state index contributed by atoms with van der Waals surface area (Å²) in [6.07, 6.45) is 0. The van der Waals surface area contributed by atoms with Gasteiger partial charge >= 0.3 is 0 Å². The molecule has 1 heterocycles. The second kappa shape index (κ2) is 5.97. The normalized spacial score (nSPS) is 10.3. The molecule has 19 heavy (non-hydrogen) atoms. The number of nitrogens with zero attached hydrogens (tertiary/aromatic N) is 2. The first kappa shape index (κ1) is 13.7. The molecule has 0 radical (unpaired) electrons. The summed E-state index contributed by atoms with van der Waals surface area (Å²) in [4.78, 5) is 8.40. The third-order valence-corrected chi connectivity index (χ3v) is 3.26. The van der Waals surface area contributed by atoms with Crippen molar-refractivity contribution in [1.29, 1.82) is 0 Å². The number of nitrogens with one attached hydrogen (secondary N) is 1. The molecule has 1 aromatic heterocycles. The van der Waals surface area contributed by atoms with Crippen molar-refractivity contribution in [3.8, 4) is 5.88 Å². The minimum Gasteiger partial charge on any atom is -0.481 e. The quantitative estimate of drug-likeness (QED) is 0.936. The van der Waals surface area contributed by atoms with Crippen LogP contribution < -0.4 is 10.1 Å². The number of methoxy groups -OCH3 is 1. The standard InChI is InChI=1S/C13H13BrFN3O/c1-8-5-12(19-2)18-13(17-8)16-7-9-6-10(15)3-4-11(9)14/h3-6H,7H2,1-2H3,(H,16,17,18). The van der Waals surface area contributed by atoms with Crippen LogP contribution in [0.3, 0.4) is 0 Å². The molecule has 0 fully saturated rings. The van der Waals surface area contributed by atoms with Crippen LogP contribution in [0.2, 0.25) is 0 Å². The van der Waals surface area contributed by atoms with E-state index in [1.807, 2.05) is 6.92 Å². The lowest BCUT2D eigenvalue weighted by atomic mass is 10.2. The Morgan fingerprint density at radius 3 is 2.84 bits per heavy atom. The molecule has 0 unspecified atom stereocenters. The largest absolute Gasteiger partial charge is 0.481 e. The molecule has 4 nitrogen and oxygen atoms in total. The van der Waals surface area contributed by atoms with E-state index in [4.69, 9.17) is 4.74 Å². The Bertz CT molecular complexity index is 592. The molecule has 6 heteroatoms. The van der Waals surface area contributed by atoms with Gasteiger partial charge in [0.2, 0.25) is 11.8 Å². The van der Waals surface area contributed by atoms with Crippen LogP contribution in [0.5, 0.6) is 5.88 Å². The summed E-state index contributed by atoms with van der Waals surface area (Å²) in [5.41, 5.74) is 1.59. The van der Waals surface area contributed by atoms with Crippen LogP contribution in [-0.4, -0.2) is 17.1 Å². The third kappa shape index (κ3) is 3.64. The number of aromatic nitrogens is 2. The van der Waals surface area contributed by atoms with Crippen molar-refractivity contribution in [3.05, 3.63) is 45.8 Å². The summed E-state index contributed by atoms with van der Waals surface area (Å²) in [6.45, 7) is 2.28. The molecule has 1 aromatic carbocycles. The van der Waals surface area contributed by atoms with Crippen LogP contribution in [0.15, 0.2) is 28.7 Å². The molecular formula is C13H13BrFN3O. The Kier molecular flexibility index (Phi) is 4.31. The van der Waals surface area contributed by atoms with Crippen LogP contribution in [-0.2, 0) is 6.54 Å². The molecule has 0 saturated carbocycles. The van der Waals surface area contributed by atoms with Gasteiger partial charge in [-0.15, -0.1) is 0 Å². The summed E-state index contributed by atoms with van der Waals surface area (Å²) < 4.78 is 19.1. The SMILES string of the molecule is COc1cc(C)nc(NCc2cc(F)ccc2Br)n1.